The van der Waals surface area contributed by atoms with Crippen molar-refractivity contribution in [2.24, 2.45) is 0 Å². The van der Waals surface area contributed by atoms with E-state index in [2.05, 4.69) is 120 Å². The maximum Gasteiger partial charge on any atom is 0.146 e. The van der Waals surface area contributed by atoms with Crippen LogP contribution in [0.2, 0.25) is 0 Å². The maximum atomic E-state index is 5.12. The minimum absolute atomic E-state index is 0.979. The van der Waals surface area contributed by atoms with Gasteiger partial charge in [0.2, 0.25) is 0 Å². The number of hydrogen-bond donors (Lipinski definition) is 0. The normalized spacial score (nSPS) is 11.2. The van der Waals surface area contributed by atoms with E-state index in [4.69, 9.17) is 4.98 Å². The first-order chi connectivity index (χ1) is 15.4. The van der Waals surface area contributed by atoms with Gasteiger partial charge < -0.3 is 0 Å². The molecule has 0 aliphatic rings. The number of aromatic nitrogens is 2. The fourth-order valence-electron chi connectivity index (χ4n) is 4.33. The summed E-state index contributed by atoms with van der Waals surface area (Å²) in [6.45, 7) is 0. The quantitative estimate of drug-likeness (QED) is 0.303. The zero-order valence-corrected chi connectivity index (χ0v) is 16.9. The molecule has 0 bridgehead atoms. The topological polar surface area (TPSA) is 17.8 Å². The van der Waals surface area contributed by atoms with Crippen molar-refractivity contribution in [1.29, 1.82) is 0 Å². The van der Waals surface area contributed by atoms with Gasteiger partial charge in [0.25, 0.3) is 0 Å². The summed E-state index contributed by atoms with van der Waals surface area (Å²) in [5.74, 6) is 0. The van der Waals surface area contributed by atoms with Crippen molar-refractivity contribution in [2.45, 2.75) is 0 Å². The van der Waals surface area contributed by atoms with Crippen LogP contribution in [0.15, 0.2) is 121 Å². The highest BCUT2D eigenvalue weighted by Crippen LogP contribution is 2.33. The zero-order valence-electron chi connectivity index (χ0n) is 16.9. The van der Waals surface area contributed by atoms with Gasteiger partial charge in [-0.1, -0.05) is 91.0 Å². The summed E-state index contributed by atoms with van der Waals surface area (Å²) in [7, 11) is 0. The summed E-state index contributed by atoms with van der Waals surface area (Å²) < 4.78 is 2.28. The SMILES string of the molecule is c1ccc(-c2cccc(-n3c4ccccc4c4ccc(-c5ccccc5)nc43)c2)cc1. The van der Waals surface area contributed by atoms with Crippen LogP contribution in [-0.4, -0.2) is 9.55 Å². The van der Waals surface area contributed by atoms with Crippen molar-refractivity contribution in [3.8, 4) is 28.1 Å². The molecule has 6 aromatic rings. The van der Waals surface area contributed by atoms with Crippen LogP contribution in [0.3, 0.4) is 0 Å². The molecule has 2 heterocycles. The lowest BCUT2D eigenvalue weighted by Crippen LogP contribution is -1.96. The lowest BCUT2D eigenvalue weighted by Gasteiger charge is -2.10. The first kappa shape index (κ1) is 17.7. The average Bonchev–Trinajstić information content (AvgIpc) is 3.19. The number of rotatable bonds is 3. The van der Waals surface area contributed by atoms with Crippen molar-refractivity contribution in [2.75, 3.05) is 0 Å². The van der Waals surface area contributed by atoms with Gasteiger partial charge in [-0.05, 0) is 41.5 Å². The Morgan fingerprint density at radius 2 is 1.16 bits per heavy atom. The minimum Gasteiger partial charge on any atom is -0.294 e. The van der Waals surface area contributed by atoms with Gasteiger partial charge in [-0.2, -0.15) is 0 Å². The summed E-state index contributed by atoms with van der Waals surface area (Å²) in [6, 6.07) is 42.4. The molecule has 31 heavy (non-hydrogen) atoms. The van der Waals surface area contributed by atoms with Crippen LogP contribution in [0.5, 0.6) is 0 Å². The van der Waals surface area contributed by atoms with E-state index in [0.717, 1.165) is 22.6 Å². The molecule has 0 atom stereocenters. The molecule has 0 amide bonds. The monoisotopic (exact) mass is 396 g/mol. The molecule has 0 saturated carbocycles. The van der Waals surface area contributed by atoms with E-state index in [1.54, 1.807) is 0 Å². The third-order valence-electron chi connectivity index (χ3n) is 5.80. The largest absolute Gasteiger partial charge is 0.294 e. The van der Waals surface area contributed by atoms with Crippen LogP contribution >= 0.6 is 0 Å². The van der Waals surface area contributed by atoms with Crippen LogP contribution in [0.1, 0.15) is 0 Å². The molecule has 0 aliphatic carbocycles. The summed E-state index contributed by atoms with van der Waals surface area (Å²) in [5, 5.41) is 2.38. The zero-order chi connectivity index (χ0) is 20.6. The van der Waals surface area contributed by atoms with E-state index in [9.17, 15) is 0 Å². The Balaban J connectivity index is 1.63. The summed E-state index contributed by atoms with van der Waals surface area (Å²) >= 11 is 0. The molecule has 0 spiro atoms. The predicted octanol–water partition coefficient (Wildman–Crippen LogP) is 7.51. The molecular formula is C29H20N2. The van der Waals surface area contributed by atoms with E-state index in [-0.39, 0.29) is 0 Å². The number of hydrogen-bond acceptors (Lipinski definition) is 1. The smallest absolute Gasteiger partial charge is 0.146 e. The molecule has 2 nitrogen and oxygen atoms in total. The third-order valence-corrected chi connectivity index (χ3v) is 5.80. The van der Waals surface area contributed by atoms with Gasteiger partial charge in [0.15, 0.2) is 0 Å². The van der Waals surface area contributed by atoms with E-state index in [1.165, 1.54) is 27.4 Å². The van der Waals surface area contributed by atoms with Crippen LogP contribution in [0.4, 0.5) is 0 Å². The molecule has 0 radical (unpaired) electrons. The van der Waals surface area contributed by atoms with Crippen molar-refractivity contribution >= 4 is 21.9 Å². The first-order valence-electron chi connectivity index (χ1n) is 10.5. The van der Waals surface area contributed by atoms with Crippen LogP contribution in [0, 0.1) is 0 Å². The highest BCUT2D eigenvalue weighted by atomic mass is 15.0. The summed E-state index contributed by atoms with van der Waals surface area (Å²) in [5.41, 5.74) is 7.78. The van der Waals surface area contributed by atoms with Crippen LogP contribution < -0.4 is 0 Å². The first-order valence-corrected chi connectivity index (χ1v) is 10.5. The predicted molar refractivity (Wildman–Crippen MR) is 129 cm³/mol. The second kappa shape index (κ2) is 7.26. The molecule has 6 rings (SSSR count). The highest BCUT2D eigenvalue weighted by Gasteiger charge is 2.14. The van der Waals surface area contributed by atoms with Gasteiger partial charge in [0.05, 0.1) is 11.2 Å². The summed E-state index contributed by atoms with van der Waals surface area (Å²) in [6.07, 6.45) is 0. The highest BCUT2D eigenvalue weighted by molar-refractivity contribution is 6.08. The Labute approximate surface area is 181 Å². The lowest BCUT2D eigenvalue weighted by atomic mass is 10.1. The molecular weight excluding hydrogens is 376 g/mol. The average molecular weight is 396 g/mol. The second-order valence-electron chi connectivity index (χ2n) is 7.70. The van der Waals surface area contributed by atoms with Gasteiger partial charge in [-0.25, -0.2) is 4.98 Å². The second-order valence-corrected chi connectivity index (χ2v) is 7.70. The molecule has 0 unspecified atom stereocenters. The fourth-order valence-corrected chi connectivity index (χ4v) is 4.33. The van der Waals surface area contributed by atoms with Gasteiger partial charge >= 0.3 is 0 Å². The molecule has 4 aromatic carbocycles. The molecule has 2 aromatic heterocycles. The van der Waals surface area contributed by atoms with E-state index in [0.29, 0.717) is 0 Å². The Bertz CT molecular complexity index is 1510. The van der Waals surface area contributed by atoms with Gasteiger partial charge in [0, 0.05) is 22.0 Å². The van der Waals surface area contributed by atoms with Crippen LogP contribution in [0.25, 0.3) is 50.0 Å². The number of para-hydroxylation sites is 1. The fraction of sp³-hybridized carbons (Fsp3) is 0. The molecule has 2 heteroatoms. The van der Waals surface area contributed by atoms with Crippen molar-refractivity contribution in [3.05, 3.63) is 121 Å². The number of nitrogens with zero attached hydrogens (tertiary/aromatic N) is 2. The third kappa shape index (κ3) is 3.01. The number of fused-ring (bicyclic) bond motifs is 3. The Morgan fingerprint density at radius 3 is 1.97 bits per heavy atom. The minimum atomic E-state index is 0.979. The Hall–Kier alpha value is -4.17. The Kier molecular flexibility index (Phi) is 4.14. The van der Waals surface area contributed by atoms with E-state index in [1.807, 2.05) is 6.07 Å². The molecule has 0 saturated heterocycles. The maximum absolute atomic E-state index is 5.12. The van der Waals surface area contributed by atoms with Crippen molar-refractivity contribution < 1.29 is 0 Å². The van der Waals surface area contributed by atoms with Gasteiger partial charge in [-0.3, -0.25) is 4.57 Å². The Morgan fingerprint density at radius 1 is 0.484 bits per heavy atom. The molecule has 0 aliphatic heterocycles. The van der Waals surface area contributed by atoms with Crippen molar-refractivity contribution in [1.82, 2.24) is 9.55 Å². The number of pyridine rings is 1. The summed E-state index contributed by atoms with van der Waals surface area (Å²) in [4.78, 5) is 5.12. The number of benzene rings is 4. The van der Waals surface area contributed by atoms with Crippen molar-refractivity contribution in [3.63, 3.8) is 0 Å². The lowest BCUT2D eigenvalue weighted by molar-refractivity contribution is 1.14. The van der Waals surface area contributed by atoms with E-state index < -0.39 is 0 Å². The van der Waals surface area contributed by atoms with Crippen LogP contribution in [-0.2, 0) is 0 Å². The standard InChI is InChI=1S/C29H20N2/c1-3-10-21(11-4-1)23-14-9-15-24(20-23)31-28-17-8-7-16-25(28)26-18-19-27(30-29(26)31)22-12-5-2-6-13-22/h1-20H. The molecule has 0 N–H and O–H groups in total. The molecule has 0 fully saturated rings. The van der Waals surface area contributed by atoms with Gasteiger partial charge in [-0.15, -0.1) is 0 Å². The van der Waals surface area contributed by atoms with Gasteiger partial charge in [0.1, 0.15) is 5.65 Å². The molecule has 146 valence electrons. The van der Waals surface area contributed by atoms with E-state index >= 15 is 0 Å².